The van der Waals surface area contributed by atoms with E-state index in [0.717, 1.165) is 10.9 Å². The Labute approximate surface area is 118 Å². The van der Waals surface area contributed by atoms with Gasteiger partial charge in [0.15, 0.2) is 0 Å². The minimum absolute atomic E-state index is 0.0358. The molecule has 0 spiro atoms. The number of amides is 1. The van der Waals surface area contributed by atoms with Crippen LogP contribution in [-0.2, 0) is 4.79 Å². The van der Waals surface area contributed by atoms with E-state index in [9.17, 15) is 10.1 Å². The molecule has 20 heavy (non-hydrogen) atoms. The summed E-state index contributed by atoms with van der Waals surface area (Å²) < 4.78 is 0. The van der Waals surface area contributed by atoms with Crippen LogP contribution in [0.4, 0.5) is 5.82 Å². The Balaban J connectivity index is 2.42. The number of nitrogens with zero attached hydrogens (tertiary/aromatic N) is 4. The van der Waals surface area contributed by atoms with Crippen LogP contribution in [0.3, 0.4) is 0 Å². The van der Waals surface area contributed by atoms with E-state index in [-0.39, 0.29) is 12.5 Å². The Morgan fingerprint density at radius 1 is 1.30 bits per heavy atom. The molecule has 0 bridgehead atoms. The smallest absolute Gasteiger partial charge is 0.241 e. The van der Waals surface area contributed by atoms with Gasteiger partial charge < -0.3 is 9.80 Å². The lowest BCUT2D eigenvalue weighted by molar-refractivity contribution is -0.127. The third-order valence-corrected chi connectivity index (χ3v) is 3.06. The van der Waals surface area contributed by atoms with Crippen molar-refractivity contribution in [3.63, 3.8) is 0 Å². The van der Waals surface area contributed by atoms with Crippen molar-refractivity contribution in [2.45, 2.75) is 0 Å². The van der Waals surface area contributed by atoms with E-state index in [4.69, 9.17) is 0 Å². The average molecular weight is 268 g/mol. The van der Waals surface area contributed by atoms with E-state index in [1.807, 2.05) is 24.3 Å². The van der Waals surface area contributed by atoms with Crippen LogP contribution >= 0.6 is 0 Å². The highest BCUT2D eigenvalue weighted by Crippen LogP contribution is 2.22. The number of likely N-dealkylation sites (N-methyl/N-ethyl adjacent to an activating group) is 2. The van der Waals surface area contributed by atoms with Crippen LogP contribution in [0.25, 0.3) is 10.9 Å². The van der Waals surface area contributed by atoms with Gasteiger partial charge in [0.25, 0.3) is 0 Å². The van der Waals surface area contributed by atoms with Crippen molar-refractivity contribution in [3.8, 4) is 6.07 Å². The van der Waals surface area contributed by atoms with Crippen LogP contribution in [0.1, 0.15) is 5.56 Å². The molecular weight excluding hydrogens is 252 g/mol. The maximum atomic E-state index is 11.8. The summed E-state index contributed by atoms with van der Waals surface area (Å²) in [5, 5.41) is 10.2. The highest BCUT2D eigenvalue weighted by molar-refractivity contribution is 5.85. The number of carbonyl (C=O) groups is 1. The molecule has 0 aliphatic rings. The van der Waals surface area contributed by atoms with Gasteiger partial charge in [0.1, 0.15) is 11.9 Å². The zero-order valence-corrected chi connectivity index (χ0v) is 11.8. The first-order valence-electron chi connectivity index (χ1n) is 6.24. The number of carbonyl (C=O) groups excluding carboxylic acids is 1. The maximum absolute atomic E-state index is 11.8. The molecule has 0 N–H and O–H groups in total. The standard InChI is InChI=1S/C15H16N4O/c1-18(2)14(20)10-19(3)15-12(9-16)8-11-6-4-5-7-13(11)17-15/h4-8H,10H2,1-3H3. The van der Waals surface area contributed by atoms with E-state index >= 15 is 0 Å². The van der Waals surface area contributed by atoms with Crippen molar-refractivity contribution in [1.29, 1.82) is 5.26 Å². The molecule has 0 atom stereocenters. The second-order valence-corrected chi connectivity index (χ2v) is 4.81. The maximum Gasteiger partial charge on any atom is 0.241 e. The molecule has 1 aromatic carbocycles. The molecule has 5 nitrogen and oxygen atoms in total. The van der Waals surface area contributed by atoms with Gasteiger partial charge in [-0.05, 0) is 12.1 Å². The molecule has 0 saturated carbocycles. The van der Waals surface area contributed by atoms with E-state index < -0.39 is 0 Å². The van der Waals surface area contributed by atoms with Gasteiger partial charge in [0.2, 0.25) is 5.91 Å². The summed E-state index contributed by atoms with van der Waals surface area (Å²) >= 11 is 0. The van der Waals surface area contributed by atoms with Gasteiger partial charge in [-0.2, -0.15) is 5.26 Å². The van der Waals surface area contributed by atoms with Gasteiger partial charge in [0.05, 0.1) is 17.6 Å². The Kier molecular flexibility index (Phi) is 3.85. The van der Waals surface area contributed by atoms with E-state index in [1.165, 1.54) is 4.90 Å². The van der Waals surface area contributed by atoms with E-state index in [0.29, 0.717) is 11.4 Å². The molecule has 2 aromatic rings. The molecule has 0 unspecified atom stereocenters. The van der Waals surface area contributed by atoms with Crippen LogP contribution < -0.4 is 4.90 Å². The zero-order valence-electron chi connectivity index (χ0n) is 11.8. The first-order chi connectivity index (χ1) is 9.52. The summed E-state index contributed by atoms with van der Waals surface area (Å²) in [4.78, 5) is 19.5. The largest absolute Gasteiger partial charge is 0.349 e. The summed E-state index contributed by atoms with van der Waals surface area (Å²) in [5.74, 6) is 0.493. The Hall–Kier alpha value is -2.61. The lowest BCUT2D eigenvalue weighted by Crippen LogP contribution is -2.35. The van der Waals surface area contributed by atoms with Gasteiger partial charge in [-0.1, -0.05) is 18.2 Å². The van der Waals surface area contributed by atoms with Gasteiger partial charge in [0, 0.05) is 26.5 Å². The summed E-state index contributed by atoms with van der Waals surface area (Å²) in [6.45, 7) is 0.188. The minimum Gasteiger partial charge on any atom is -0.349 e. The second-order valence-electron chi connectivity index (χ2n) is 4.81. The van der Waals surface area contributed by atoms with E-state index in [1.54, 1.807) is 32.1 Å². The molecule has 0 fully saturated rings. The fraction of sp³-hybridized carbons (Fsp3) is 0.267. The molecule has 0 radical (unpaired) electrons. The highest BCUT2D eigenvalue weighted by Gasteiger charge is 2.14. The van der Waals surface area contributed by atoms with Gasteiger partial charge >= 0.3 is 0 Å². The lowest BCUT2D eigenvalue weighted by Gasteiger charge is -2.21. The van der Waals surface area contributed by atoms with Gasteiger partial charge in [-0.3, -0.25) is 4.79 Å². The lowest BCUT2D eigenvalue weighted by atomic mass is 10.1. The predicted molar refractivity (Wildman–Crippen MR) is 78.4 cm³/mol. The molecule has 2 rings (SSSR count). The normalized spacial score (nSPS) is 10.1. The van der Waals surface area contributed by atoms with Gasteiger partial charge in [-0.15, -0.1) is 0 Å². The van der Waals surface area contributed by atoms with Crippen molar-refractivity contribution >= 4 is 22.6 Å². The van der Waals surface area contributed by atoms with Crippen LogP contribution in [0.15, 0.2) is 30.3 Å². The molecule has 0 aliphatic carbocycles. The average Bonchev–Trinajstić information content (AvgIpc) is 2.45. The quantitative estimate of drug-likeness (QED) is 0.849. The van der Waals surface area contributed by atoms with Crippen LogP contribution in [0.2, 0.25) is 0 Å². The Bertz CT molecular complexity index is 688. The number of hydrogen-bond donors (Lipinski definition) is 0. The summed E-state index contributed by atoms with van der Waals surface area (Å²) in [7, 11) is 5.17. The number of pyridine rings is 1. The third kappa shape index (κ3) is 2.69. The molecule has 1 aromatic heterocycles. The van der Waals surface area contributed by atoms with Crippen molar-refractivity contribution in [2.75, 3.05) is 32.6 Å². The number of fused-ring (bicyclic) bond motifs is 1. The summed E-state index contributed by atoms with van der Waals surface area (Å²) in [5.41, 5.74) is 1.28. The van der Waals surface area contributed by atoms with Gasteiger partial charge in [-0.25, -0.2) is 4.98 Å². The zero-order chi connectivity index (χ0) is 14.7. The third-order valence-electron chi connectivity index (χ3n) is 3.06. The fourth-order valence-corrected chi connectivity index (χ4v) is 1.90. The minimum atomic E-state index is -0.0358. The highest BCUT2D eigenvalue weighted by atomic mass is 16.2. The molecule has 0 aliphatic heterocycles. The van der Waals surface area contributed by atoms with Crippen LogP contribution in [0.5, 0.6) is 0 Å². The molecular formula is C15H16N4O. The Morgan fingerprint density at radius 3 is 2.65 bits per heavy atom. The molecule has 5 heteroatoms. The number of anilines is 1. The number of hydrogen-bond acceptors (Lipinski definition) is 4. The number of nitriles is 1. The van der Waals surface area contributed by atoms with Crippen molar-refractivity contribution < 1.29 is 4.79 Å². The molecule has 0 saturated heterocycles. The van der Waals surface area contributed by atoms with Crippen molar-refractivity contribution in [1.82, 2.24) is 9.88 Å². The second kappa shape index (κ2) is 5.57. The van der Waals surface area contributed by atoms with Crippen LogP contribution in [-0.4, -0.2) is 43.5 Å². The SMILES string of the molecule is CN(C)C(=O)CN(C)c1nc2ccccc2cc1C#N. The first-order valence-corrected chi connectivity index (χ1v) is 6.24. The van der Waals surface area contributed by atoms with Crippen LogP contribution in [0, 0.1) is 11.3 Å². The summed E-state index contributed by atoms with van der Waals surface area (Å²) in [6.07, 6.45) is 0. The Morgan fingerprint density at radius 2 is 2.00 bits per heavy atom. The number of para-hydroxylation sites is 1. The number of benzene rings is 1. The fourth-order valence-electron chi connectivity index (χ4n) is 1.90. The first kappa shape index (κ1) is 13.8. The molecule has 102 valence electrons. The monoisotopic (exact) mass is 268 g/mol. The molecule has 1 amide bonds. The number of aromatic nitrogens is 1. The topological polar surface area (TPSA) is 60.2 Å². The number of rotatable bonds is 3. The van der Waals surface area contributed by atoms with Crippen molar-refractivity contribution in [2.24, 2.45) is 0 Å². The van der Waals surface area contributed by atoms with Crippen molar-refractivity contribution in [3.05, 3.63) is 35.9 Å². The summed E-state index contributed by atoms with van der Waals surface area (Å²) in [6, 6.07) is 11.6. The molecule has 1 heterocycles. The van der Waals surface area contributed by atoms with E-state index in [2.05, 4.69) is 11.1 Å². The predicted octanol–water partition coefficient (Wildman–Crippen LogP) is 1.63.